The van der Waals surface area contributed by atoms with Gasteiger partial charge in [-0.25, -0.2) is 0 Å². The van der Waals surface area contributed by atoms with E-state index in [1.807, 2.05) is 17.5 Å². The molecule has 19 heavy (non-hydrogen) atoms. The number of likely N-dealkylation sites (tertiary alicyclic amines) is 1. The Labute approximate surface area is 117 Å². The highest BCUT2D eigenvalue weighted by Crippen LogP contribution is 2.16. The van der Waals surface area contributed by atoms with E-state index in [4.69, 9.17) is 4.74 Å². The van der Waals surface area contributed by atoms with Gasteiger partial charge in [-0.15, -0.1) is 11.3 Å². The van der Waals surface area contributed by atoms with E-state index in [1.165, 1.54) is 11.3 Å². The summed E-state index contributed by atoms with van der Waals surface area (Å²) in [6.45, 7) is 3.63. The smallest absolute Gasteiger partial charge is 0.311 e. The molecule has 4 nitrogen and oxygen atoms in total. The highest BCUT2D eigenvalue weighted by atomic mass is 32.1. The quantitative estimate of drug-likeness (QED) is 0.794. The molecule has 0 atom stereocenters. The van der Waals surface area contributed by atoms with E-state index in [0.29, 0.717) is 5.92 Å². The molecule has 1 aliphatic heterocycles. The first-order valence-corrected chi connectivity index (χ1v) is 7.49. The third kappa shape index (κ3) is 4.35. The lowest BCUT2D eigenvalue weighted by Crippen LogP contribution is -2.40. The molecule has 0 saturated carbocycles. The first-order valence-electron chi connectivity index (χ1n) is 6.61. The van der Waals surface area contributed by atoms with Gasteiger partial charge in [-0.05, 0) is 30.2 Å². The minimum Gasteiger partial charge on any atom is -0.455 e. The summed E-state index contributed by atoms with van der Waals surface area (Å²) in [6, 6.07) is 3.78. The highest BCUT2D eigenvalue weighted by molar-refractivity contribution is 7.10. The molecule has 1 aromatic rings. The van der Waals surface area contributed by atoms with Crippen LogP contribution in [0.15, 0.2) is 17.5 Å². The molecule has 1 aromatic heterocycles. The van der Waals surface area contributed by atoms with Crippen molar-refractivity contribution in [1.29, 1.82) is 0 Å². The van der Waals surface area contributed by atoms with Crippen LogP contribution < -0.4 is 0 Å². The molecule has 0 radical (unpaired) electrons. The summed E-state index contributed by atoms with van der Waals surface area (Å²) in [6.07, 6.45) is 2.33. The van der Waals surface area contributed by atoms with Crippen LogP contribution in [0.4, 0.5) is 0 Å². The van der Waals surface area contributed by atoms with Gasteiger partial charge in [-0.3, -0.25) is 9.59 Å². The van der Waals surface area contributed by atoms with E-state index in [1.54, 1.807) is 4.90 Å². The van der Waals surface area contributed by atoms with Gasteiger partial charge >= 0.3 is 5.97 Å². The van der Waals surface area contributed by atoms with Gasteiger partial charge in [-0.1, -0.05) is 13.0 Å². The van der Waals surface area contributed by atoms with Gasteiger partial charge in [0.15, 0.2) is 6.61 Å². The second-order valence-electron chi connectivity index (χ2n) is 4.98. The second kappa shape index (κ2) is 6.70. The molecule has 0 N–H and O–H groups in total. The van der Waals surface area contributed by atoms with Crippen molar-refractivity contribution in [2.45, 2.75) is 26.2 Å². The minimum atomic E-state index is -0.332. The number of amides is 1. The molecule has 5 heteroatoms. The summed E-state index contributed by atoms with van der Waals surface area (Å²) >= 11 is 1.52. The molecule has 0 bridgehead atoms. The lowest BCUT2D eigenvalue weighted by Gasteiger charge is -2.30. The van der Waals surface area contributed by atoms with Crippen molar-refractivity contribution in [3.8, 4) is 0 Å². The molecule has 1 amide bonds. The van der Waals surface area contributed by atoms with Crippen LogP contribution in [-0.2, 0) is 20.7 Å². The summed E-state index contributed by atoms with van der Waals surface area (Å²) in [4.78, 5) is 26.2. The Bertz CT molecular complexity index is 422. The number of hydrogen-bond acceptors (Lipinski definition) is 4. The highest BCUT2D eigenvalue weighted by Gasteiger charge is 2.21. The lowest BCUT2D eigenvalue weighted by molar-refractivity contribution is -0.152. The topological polar surface area (TPSA) is 46.6 Å². The maximum atomic E-state index is 11.9. The van der Waals surface area contributed by atoms with Gasteiger partial charge in [0.2, 0.25) is 0 Å². The monoisotopic (exact) mass is 281 g/mol. The number of ether oxygens (including phenoxy) is 1. The maximum Gasteiger partial charge on any atom is 0.311 e. The SMILES string of the molecule is CC1CCN(C(=O)COC(=O)Cc2cccs2)CC1. The van der Waals surface area contributed by atoms with E-state index < -0.39 is 0 Å². The fourth-order valence-corrected chi connectivity index (χ4v) is 2.79. The Hall–Kier alpha value is -1.36. The van der Waals surface area contributed by atoms with Gasteiger partial charge in [-0.2, -0.15) is 0 Å². The molecule has 2 rings (SSSR count). The summed E-state index contributed by atoms with van der Waals surface area (Å²) in [5, 5.41) is 1.92. The van der Waals surface area contributed by atoms with Gasteiger partial charge in [0.05, 0.1) is 6.42 Å². The third-order valence-corrected chi connectivity index (χ3v) is 4.27. The van der Waals surface area contributed by atoms with Crippen LogP contribution in [-0.4, -0.2) is 36.5 Å². The predicted octanol–water partition coefficient (Wildman–Crippen LogP) is 2.09. The van der Waals surface area contributed by atoms with Crippen LogP contribution in [0.3, 0.4) is 0 Å². The molecule has 104 valence electrons. The summed E-state index contributed by atoms with van der Waals surface area (Å²) < 4.78 is 5.03. The van der Waals surface area contributed by atoms with Crippen molar-refractivity contribution in [1.82, 2.24) is 4.90 Å². The molecule has 1 saturated heterocycles. The standard InChI is InChI=1S/C14H19NO3S/c1-11-4-6-15(7-5-11)13(16)10-18-14(17)9-12-3-2-8-19-12/h2-3,8,11H,4-7,9-10H2,1H3. The first kappa shape index (κ1) is 14.1. The molecular weight excluding hydrogens is 262 g/mol. The van der Waals surface area contributed by atoms with E-state index in [2.05, 4.69) is 6.92 Å². The van der Waals surface area contributed by atoms with E-state index in [0.717, 1.165) is 30.8 Å². The number of nitrogens with zero attached hydrogens (tertiary/aromatic N) is 1. The molecule has 0 unspecified atom stereocenters. The normalized spacial score (nSPS) is 16.4. The molecule has 1 aliphatic rings. The largest absolute Gasteiger partial charge is 0.455 e. The first-order chi connectivity index (χ1) is 9.15. The van der Waals surface area contributed by atoms with Crippen molar-refractivity contribution in [2.24, 2.45) is 5.92 Å². The number of piperidine rings is 1. The third-order valence-electron chi connectivity index (χ3n) is 3.39. The number of carbonyl (C=O) groups excluding carboxylic acids is 2. The van der Waals surface area contributed by atoms with Gasteiger partial charge < -0.3 is 9.64 Å². The number of esters is 1. The Morgan fingerprint density at radius 2 is 2.16 bits per heavy atom. The predicted molar refractivity (Wildman–Crippen MR) is 74.0 cm³/mol. The average Bonchev–Trinajstić information content (AvgIpc) is 2.89. The van der Waals surface area contributed by atoms with Crippen LogP contribution in [0.2, 0.25) is 0 Å². The van der Waals surface area contributed by atoms with Crippen LogP contribution in [0.1, 0.15) is 24.6 Å². The fourth-order valence-electron chi connectivity index (χ4n) is 2.10. The Morgan fingerprint density at radius 1 is 1.42 bits per heavy atom. The number of rotatable bonds is 4. The van der Waals surface area contributed by atoms with Crippen molar-refractivity contribution >= 4 is 23.2 Å². The lowest BCUT2D eigenvalue weighted by atomic mass is 9.99. The van der Waals surface area contributed by atoms with Crippen LogP contribution in [0.25, 0.3) is 0 Å². The zero-order chi connectivity index (χ0) is 13.7. The Morgan fingerprint density at radius 3 is 2.79 bits per heavy atom. The molecule has 0 aliphatic carbocycles. The van der Waals surface area contributed by atoms with Gasteiger partial charge in [0.1, 0.15) is 0 Å². The molecule has 0 aromatic carbocycles. The Kier molecular flexibility index (Phi) is 4.96. The average molecular weight is 281 g/mol. The molecule has 2 heterocycles. The number of carbonyl (C=O) groups is 2. The van der Waals surface area contributed by atoms with Crippen molar-refractivity contribution < 1.29 is 14.3 Å². The van der Waals surface area contributed by atoms with E-state index in [-0.39, 0.29) is 24.9 Å². The summed E-state index contributed by atoms with van der Waals surface area (Å²) in [5.74, 6) is 0.276. The maximum absolute atomic E-state index is 11.9. The van der Waals surface area contributed by atoms with Crippen molar-refractivity contribution in [3.63, 3.8) is 0 Å². The zero-order valence-corrected chi connectivity index (χ0v) is 11.9. The molecule has 1 fully saturated rings. The van der Waals surface area contributed by atoms with Crippen LogP contribution >= 0.6 is 11.3 Å². The summed E-state index contributed by atoms with van der Waals surface area (Å²) in [5.41, 5.74) is 0. The summed E-state index contributed by atoms with van der Waals surface area (Å²) in [7, 11) is 0. The Balaban J connectivity index is 1.70. The molecular formula is C14H19NO3S. The van der Waals surface area contributed by atoms with Gasteiger partial charge in [0.25, 0.3) is 5.91 Å². The van der Waals surface area contributed by atoms with Crippen LogP contribution in [0.5, 0.6) is 0 Å². The van der Waals surface area contributed by atoms with Gasteiger partial charge in [0, 0.05) is 18.0 Å². The van der Waals surface area contributed by atoms with Crippen molar-refractivity contribution in [2.75, 3.05) is 19.7 Å². The zero-order valence-electron chi connectivity index (χ0n) is 11.1. The van der Waals surface area contributed by atoms with E-state index >= 15 is 0 Å². The van der Waals surface area contributed by atoms with E-state index in [9.17, 15) is 9.59 Å². The van der Waals surface area contributed by atoms with Crippen LogP contribution in [0, 0.1) is 5.92 Å². The van der Waals surface area contributed by atoms with Crippen molar-refractivity contribution in [3.05, 3.63) is 22.4 Å². The number of thiophene rings is 1. The molecule has 0 spiro atoms. The minimum absolute atomic E-state index is 0.0774. The second-order valence-corrected chi connectivity index (χ2v) is 6.01. The number of hydrogen-bond donors (Lipinski definition) is 0. The fraction of sp³-hybridized carbons (Fsp3) is 0.571.